The Morgan fingerprint density at radius 3 is 1.36 bits per heavy atom. The molecule has 0 aliphatic heterocycles. The molecule has 2 saturated carbocycles. The van der Waals surface area contributed by atoms with E-state index in [0.29, 0.717) is 7.57 Å². The average molecular weight is 212 g/mol. The first-order chi connectivity index (χ1) is 6.88. The third kappa shape index (κ3) is 2.75. The Labute approximate surface area is 91.4 Å². The van der Waals surface area contributed by atoms with E-state index in [0.717, 1.165) is 0 Å². The Kier molecular flexibility index (Phi) is 4.35. The van der Waals surface area contributed by atoms with Crippen LogP contribution in [0.15, 0.2) is 0 Å². The largest absolute Gasteiger partial charge is 0.164 e. The van der Waals surface area contributed by atoms with Crippen molar-refractivity contribution in [2.24, 2.45) is 0 Å². The van der Waals surface area contributed by atoms with E-state index in [1.807, 2.05) is 0 Å². The Balaban J connectivity index is 1.82. The van der Waals surface area contributed by atoms with Gasteiger partial charge in [0.15, 0.2) is 0 Å². The Hall–Kier alpha value is 0.495. The summed E-state index contributed by atoms with van der Waals surface area (Å²) in [7, 11) is 0.971. The molecule has 2 aliphatic carbocycles. The molecule has 0 aromatic heterocycles. The lowest BCUT2D eigenvalue weighted by molar-refractivity contribution is 0.488. The van der Waals surface area contributed by atoms with Crippen molar-refractivity contribution in [2.75, 3.05) is 0 Å². The number of hydrogen-bond acceptors (Lipinski definition) is 0. The highest BCUT2D eigenvalue weighted by Crippen LogP contribution is 2.51. The highest BCUT2D eigenvalue weighted by molar-refractivity contribution is 7.83. The maximum atomic E-state index is 1.65. The Bertz CT molecular complexity index is 142. The second-order valence-corrected chi connectivity index (χ2v) is 6.80. The van der Waals surface area contributed by atoms with E-state index in [9.17, 15) is 0 Å². The molecular weight excluding hydrogens is 186 g/mol. The normalized spacial score (nSPS) is 27.0. The monoisotopic (exact) mass is 212 g/mol. The van der Waals surface area contributed by atoms with Crippen LogP contribution in [0.25, 0.3) is 0 Å². The zero-order valence-corrected chi connectivity index (χ0v) is 9.73. The quantitative estimate of drug-likeness (QED) is 0.487. The molecule has 2 fully saturated rings. The van der Waals surface area contributed by atoms with E-state index >= 15 is 0 Å². The molecular formula is C12H26BP. The van der Waals surface area contributed by atoms with Gasteiger partial charge >= 0.3 is 0 Å². The summed E-state index contributed by atoms with van der Waals surface area (Å²) in [6.45, 7) is 0. The molecule has 0 amide bonds. The van der Waals surface area contributed by atoms with Gasteiger partial charge in [0.05, 0.1) is 0 Å². The molecule has 0 aromatic carbocycles. The SMILES string of the molecule is [BH3-][PH+](C1CCCCC1)C1CCCCC1. The lowest BCUT2D eigenvalue weighted by atomic mass is 9.99. The van der Waals surface area contributed by atoms with E-state index in [1.165, 1.54) is 11.3 Å². The molecule has 0 saturated heterocycles. The van der Waals surface area contributed by atoms with Crippen LogP contribution in [0.4, 0.5) is 0 Å². The van der Waals surface area contributed by atoms with Crippen molar-refractivity contribution in [3.8, 4) is 0 Å². The van der Waals surface area contributed by atoms with Crippen LogP contribution in [-0.2, 0) is 0 Å². The van der Waals surface area contributed by atoms with E-state index in [-0.39, 0.29) is 7.80 Å². The zero-order valence-electron chi connectivity index (χ0n) is 8.73. The van der Waals surface area contributed by atoms with E-state index in [4.69, 9.17) is 0 Å². The van der Waals surface area contributed by atoms with Crippen LogP contribution in [-0.4, -0.2) is 18.9 Å². The molecule has 0 spiro atoms. The summed E-state index contributed by atoms with van der Waals surface area (Å²) in [6, 6.07) is 0. The van der Waals surface area contributed by atoms with Gasteiger partial charge in [-0.2, -0.15) is 7.80 Å². The first kappa shape index (κ1) is 11.0. The van der Waals surface area contributed by atoms with Gasteiger partial charge in [-0.15, -0.1) is 0 Å². The van der Waals surface area contributed by atoms with Crippen molar-refractivity contribution in [2.45, 2.75) is 75.5 Å². The molecule has 0 bridgehead atoms. The lowest BCUT2D eigenvalue weighted by Gasteiger charge is -2.34. The topological polar surface area (TPSA) is 0 Å². The fourth-order valence-corrected chi connectivity index (χ4v) is 5.02. The van der Waals surface area contributed by atoms with Gasteiger partial charge < -0.3 is 0 Å². The second kappa shape index (κ2) is 5.54. The summed E-state index contributed by atoms with van der Waals surface area (Å²) in [5, 5.41) is 0. The number of rotatable bonds is 2. The van der Waals surface area contributed by atoms with Gasteiger partial charge in [0.2, 0.25) is 0 Å². The molecule has 0 radical (unpaired) electrons. The van der Waals surface area contributed by atoms with Gasteiger partial charge in [-0.1, -0.05) is 12.8 Å². The van der Waals surface area contributed by atoms with Crippen LogP contribution in [0.1, 0.15) is 64.2 Å². The third-order valence-electron chi connectivity index (χ3n) is 3.68. The summed E-state index contributed by atoms with van der Waals surface area (Å²) < 4.78 is 0. The molecule has 0 N–H and O–H groups in total. The van der Waals surface area contributed by atoms with Gasteiger partial charge in [-0.25, -0.2) is 0 Å². The van der Waals surface area contributed by atoms with Gasteiger partial charge in [-0.05, 0) is 51.4 Å². The van der Waals surface area contributed by atoms with Crippen molar-refractivity contribution >= 4 is 15.4 Å². The van der Waals surface area contributed by atoms with Crippen LogP contribution in [0, 0.1) is 0 Å². The highest BCUT2D eigenvalue weighted by atomic mass is 31.1. The maximum absolute atomic E-state index is 1.65. The summed E-state index contributed by atoms with van der Waals surface area (Å²) in [5.74, 6) is 0. The van der Waals surface area contributed by atoms with E-state index < -0.39 is 0 Å². The fourth-order valence-electron chi connectivity index (χ4n) is 2.87. The Morgan fingerprint density at radius 2 is 1.00 bits per heavy atom. The second-order valence-electron chi connectivity index (χ2n) is 4.84. The molecule has 14 heavy (non-hydrogen) atoms. The summed E-state index contributed by atoms with van der Waals surface area (Å²) in [6.07, 6.45) is 16.0. The average Bonchev–Trinajstić information content (AvgIpc) is 2.30. The van der Waals surface area contributed by atoms with Crippen molar-refractivity contribution in [1.29, 1.82) is 0 Å². The van der Waals surface area contributed by atoms with Crippen molar-refractivity contribution in [1.82, 2.24) is 0 Å². The van der Waals surface area contributed by atoms with Crippen molar-refractivity contribution in [3.05, 3.63) is 0 Å². The first-order valence-corrected chi connectivity index (χ1v) is 7.37. The fraction of sp³-hybridized carbons (Fsp3) is 1.00. The predicted molar refractivity (Wildman–Crippen MR) is 72.0 cm³/mol. The lowest BCUT2D eigenvalue weighted by Crippen LogP contribution is -2.20. The molecule has 2 aliphatic rings. The first-order valence-electron chi connectivity index (χ1n) is 6.21. The predicted octanol–water partition coefficient (Wildman–Crippen LogP) is 3.15. The summed E-state index contributed by atoms with van der Waals surface area (Å²) in [5.41, 5.74) is 2.61. The summed E-state index contributed by atoms with van der Waals surface area (Å²) >= 11 is 0. The van der Waals surface area contributed by atoms with Crippen LogP contribution >= 0.6 is 7.80 Å². The molecule has 0 heterocycles. The van der Waals surface area contributed by atoms with Crippen LogP contribution in [0.3, 0.4) is 0 Å². The minimum absolute atomic E-state index is 0.259. The van der Waals surface area contributed by atoms with E-state index in [1.54, 1.807) is 64.2 Å². The standard InChI is InChI=1S/C12H26BP/c13-14(11-7-3-1-4-8-11)12-9-5-2-6-10-12/h11-12,14H,1-10H2,13H3. The molecule has 0 unspecified atom stereocenters. The third-order valence-corrected chi connectivity index (χ3v) is 5.78. The molecule has 2 heteroatoms. The van der Waals surface area contributed by atoms with Gasteiger partial charge in [0.25, 0.3) is 0 Å². The van der Waals surface area contributed by atoms with Gasteiger partial charge in [0, 0.05) is 11.3 Å². The maximum Gasteiger partial charge on any atom is 0.124 e. The minimum Gasteiger partial charge on any atom is -0.164 e. The minimum atomic E-state index is 0.259. The van der Waals surface area contributed by atoms with Gasteiger partial charge in [-0.3, -0.25) is 0 Å². The highest BCUT2D eigenvalue weighted by Gasteiger charge is 2.29. The molecule has 0 nitrogen and oxygen atoms in total. The smallest absolute Gasteiger partial charge is 0.124 e. The number of hydrogen-bond donors (Lipinski definition) is 0. The zero-order chi connectivity index (χ0) is 9.80. The molecule has 0 aromatic rings. The van der Waals surface area contributed by atoms with Crippen molar-refractivity contribution in [3.63, 3.8) is 0 Å². The Morgan fingerprint density at radius 1 is 0.643 bits per heavy atom. The summed E-state index contributed by atoms with van der Waals surface area (Å²) in [4.78, 5) is 0. The van der Waals surface area contributed by atoms with Crippen LogP contribution < -0.4 is 0 Å². The van der Waals surface area contributed by atoms with E-state index in [2.05, 4.69) is 0 Å². The molecule has 2 rings (SSSR count). The van der Waals surface area contributed by atoms with Crippen LogP contribution in [0.5, 0.6) is 0 Å². The van der Waals surface area contributed by atoms with Crippen LogP contribution in [0.2, 0.25) is 0 Å². The molecule has 0 atom stereocenters. The van der Waals surface area contributed by atoms with Gasteiger partial charge in [0.1, 0.15) is 7.57 Å². The molecule has 82 valence electrons. The van der Waals surface area contributed by atoms with Crippen molar-refractivity contribution < 1.29 is 0 Å².